The van der Waals surface area contributed by atoms with Crippen LogP contribution in [0.25, 0.3) is 0 Å². The van der Waals surface area contributed by atoms with Crippen LogP contribution in [0.4, 0.5) is 0 Å². The summed E-state index contributed by atoms with van der Waals surface area (Å²) in [4.78, 5) is 22.7. The van der Waals surface area contributed by atoms with Crippen molar-refractivity contribution >= 4 is 11.9 Å². The van der Waals surface area contributed by atoms with E-state index < -0.39 is 12.0 Å². The summed E-state index contributed by atoms with van der Waals surface area (Å²) in [6.45, 7) is 5.38. The van der Waals surface area contributed by atoms with Gasteiger partial charge in [-0.2, -0.15) is 0 Å². The number of hydrogen-bond acceptors (Lipinski definition) is 4. The van der Waals surface area contributed by atoms with Crippen molar-refractivity contribution in [3.05, 3.63) is 42.5 Å². The number of carbonyl (C=O) groups excluding carboxylic acids is 2. The summed E-state index contributed by atoms with van der Waals surface area (Å²) < 4.78 is 10.0. The summed E-state index contributed by atoms with van der Waals surface area (Å²) in [7, 11) is 1.30. The zero-order valence-corrected chi connectivity index (χ0v) is 11.7. The Bertz CT molecular complexity index is 467. The number of methoxy groups -OCH3 is 1. The minimum absolute atomic E-state index is 0.272. The van der Waals surface area contributed by atoms with Gasteiger partial charge in [0.1, 0.15) is 18.4 Å². The van der Waals surface area contributed by atoms with Crippen LogP contribution in [0.1, 0.15) is 12.5 Å². The van der Waals surface area contributed by atoms with Crippen molar-refractivity contribution in [1.82, 2.24) is 5.32 Å². The largest absolute Gasteiger partial charge is 0.490 e. The first-order valence-electron chi connectivity index (χ1n) is 6.24. The highest BCUT2D eigenvalue weighted by molar-refractivity contribution is 5.83. The van der Waals surface area contributed by atoms with Crippen LogP contribution in [0.15, 0.2) is 36.9 Å². The van der Waals surface area contributed by atoms with Gasteiger partial charge in [-0.15, -0.1) is 0 Å². The van der Waals surface area contributed by atoms with Crippen molar-refractivity contribution in [3.8, 4) is 5.75 Å². The molecule has 1 amide bonds. The van der Waals surface area contributed by atoms with Gasteiger partial charge in [-0.05, 0) is 17.7 Å². The normalized spacial score (nSPS) is 11.3. The van der Waals surface area contributed by atoms with Crippen molar-refractivity contribution in [3.63, 3.8) is 0 Å². The fourth-order valence-electron chi connectivity index (χ4n) is 1.69. The maximum absolute atomic E-state index is 11.6. The van der Waals surface area contributed by atoms with E-state index in [9.17, 15) is 9.59 Å². The van der Waals surface area contributed by atoms with E-state index in [0.717, 1.165) is 11.3 Å². The second kappa shape index (κ2) is 7.99. The maximum atomic E-state index is 11.6. The Morgan fingerprint density at radius 3 is 2.50 bits per heavy atom. The summed E-state index contributed by atoms with van der Waals surface area (Å²) in [6, 6.07) is 6.62. The molecule has 5 nitrogen and oxygen atoms in total. The number of rotatable bonds is 7. The molecular weight excluding hydrogens is 258 g/mol. The molecule has 1 aromatic rings. The zero-order valence-electron chi connectivity index (χ0n) is 11.7. The van der Waals surface area contributed by atoms with E-state index in [2.05, 4.69) is 16.6 Å². The molecular formula is C15H19NO4. The molecule has 1 rings (SSSR count). The molecule has 1 aromatic carbocycles. The van der Waals surface area contributed by atoms with Gasteiger partial charge in [-0.1, -0.05) is 24.8 Å². The number of esters is 1. The first kappa shape index (κ1) is 15.8. The van der Waals surface area contributed by atoms with Gasteiger partial charge in [0.2, 0.25) is 5.91 Å². The Hall–Kier alpha value is -2.30. The van der Waals surface area contributed by atoms with Crippen molar-refractivity contribution < 1.29 is 19.1 Å². The third kappa shape index (κ3) is 5.14. The van der Waals surface area contributed by atoms with Crippen molar-refractivity contribution in [2.75, 3.05) is 13.7 Å². The standard InChI is InChI=1S/C15H19NO4/c1-4-9-20-13-7-5-12(6-8-13)10-14(15(18)19-3)16-11(2)17/h4-8,14H,1,9-10H2,2-3H3,(H,16,17)/t14-/m1/s1. The first-order chi connectivity index (χ1) is 9.56. The maximum Gasteiger partial charge on any atom is 0.328 e. The molecule has 0 aliphatic carbocycles. The second-order valence-corrected chi connectivity index (χ2v) is 4.22. The molecule has 0 bridgehead atoms. The lowest BCUT2D eigenvalue weighted by molar-refractivity contribution is -0.144. The quantitative estimate of drug-likeness (QED) is 0.605. The average molecular weight is 277 g/mol. The zero-order chi connectivity index (χ0) is 15.0. The highest BCUT2D eigenvalue weighted by Gasteiger charge is 2.20. The van der Waals surface area contributed by atoms with Gasteiger partial charge in [-0.3, -0.25) is 4.79 Å². The Morgan fingerprint density at radius 2 is 2.00 bits per heavy atom. The molecule has 1 atom stereocenters. The van der Waals surface area contributed by atoms with Crippen LogP contribution in [0.3, 0.4) is 0 Å². The third-order valence-electron chi connectivity index (χ3n) is 2.59. The van der Waals surface area contributed by atoms with E-state index >= 15 is 0 Å². The SMILES string of the molecule is C=CCOc1ccc(C[C@@H](NC(C)=O)C(=O)OC)cc1. The third-order valence-corrected chi connectivity index (χ3v) is 2.59. The molecule has 0 aliphatic rings. The van der Waals surface area contributed by atoms with Gasteiger partial charge in [0, 0.05) is 13.3 Å². The summed E-state index contributed by atoms with van der Waals surface area (Å²) in [5.41, 5.74) is 0.903. The monoisotopic (exact) mass is 277 g/mol. The topological polar surface area (TPSA) is 64.6 Å². The molecule has 0 spiro atoms. The van der Waals surface area contributed by atoms with E-state index in [1.807, 2.05) is 12.1 Å². The van der Waals surface area contributed by atoms with Crippen LogP contribution in [0.5, 0.6) is 5.75 Å². The molecule has 1 N–H and O–H groups in total. The predicted molar refractivity (Wildman–Crippen MR) is 75.5 cm³/mol. The van der Waals surface area contributed by atoms with Crippen molar-refractivity contribution in [2.45, 2.75) is 19.4 Å². The first-order valence-corrected chi connectivity index (χ1v) is 6.24. The lowest BCUT2D eigenvalue weighted by Crippen LogP contribution is -2.41. The molecule has 0 radical (unpaired) electrons. The summed E-state index contributed by atoms with van der Waals surface area (Å²) in [5, 5.41) is 2.57. The van der Waals surface area contributed by atoms with Gasteiger partial charge in [0.05, 0.1) is 7.11 Å². The molecule has 0 unspecified atom stereocenters. The number of amides is 1. The van der Waals surface area contributed by atoms with Crippen LogP contribution in [-0.4, -0.2) is 31.6 Å². The molecule has 5 heteroatoms. The fraction of sp³-hybridized carbons (Fsp3) is 0.333. The Balaban J connectivity index is 2.70. The number of ether oxygens (including phenoxy) is 2. The number of carbonyl (C=O) groups is 2. The fourth-order valence-corrected chi connectivity index (χ4v) is 1.69. The van der Waals surface area contributed by atoms with Crippen molar-refractivity contribution in [1.29, 1.82) is 0 Å². The molecule has 20 heavy (non-hydrogen) atoms. The summed E-state index contributed by atoms with van der Waals surface area (Å²) >= 11 is 0. The number of benzene rings is 1. The molecule has 0 aromatic heterocycles. The smallest absolute Gasteiger partial charge is 0.328 e. The average Bonchev–Trinajstić information content (AvgIpc) is 2.44. The van der Waals surface area contributed by atoms with Crippen LogP contribution in [0, 0.1) is 0 Å². The van der Waals surface area contributed by atoms with Gasteiger partial charge < -0.3 is 14.8 Å². The van der Waals surface area contributed by atoms with E-state index in [1.54, 1.807) is 18.2 Å². The molecule has 0 heterocycles. The minimum atomic E-state index is -0.683. The van der Waals surface area contributed by atoms with Crippen LogP contribution in [0.2, 0.25) is 0 Å². The molecule has 108 valence electrons. The van der Waals surface area contributed by atoms with Crippen LogP contribution < -0.4 is 10.1 Å². The second-order valence-electron chi connectivity index (χ2n) is 4.22. The van der Waals surface area contributed by atoms with Crippen LogP contribution in [-0.2, 0) is 20.7 Å². The molecule has 0 aliphatic heterocycles. The predicted octanol–water partition coefficient (Wildman–Crippen LogP) is 1.47. The lowest BCUT2D eigenvalue weighted by atomic mass is 10.1. The van der Waals surface area contributed by atoms with Crippen LogP contribution >= 0.6 is 0 Å². The summed E-state index contributed by atoms with van der Waals surface area (Å²) in [5.74, 6) is -0.0127. The molecule has 0 saturated carbocycles. The van der Waals surface area contributed by atoms with E-state index in [4.69, 9.17) is 4.74 Å². The highest BCUT2D eigenvalue weighted by atomic mass is 16.5. The number of hydrogen-bond donors (Lipinski definition) is 1. The lowest BCUT2D eigenvalue weighted by Gasteiger charge is -2.15. The van der Waals surface area contributed by atoms with Crippen molar-refractivity contribution in [2.24, 2.45) is 0 Å². The van der Waals surface area contributed by atoms with E-state index in [-0.39, 0.29) is 5.91 Å². The van der Waals surface area contributed by atoms with Gasteiger partial charge >= 0.3 is 5.97 Å². The van der Waals surface area contributed by atoms with Gasteiger partial charge in [0.25, 0.3) is 0 Å². The van der Waals surface area contributed by atoms with E-state index in [1.165, 1.54) is 14.0 Å². The van der Waals surface area contributed by atoms with Gasteiger partial charge in [-0.25, -0.2) is 4.79 Å². The molecule has 0 fully saturated rings. The Morgan fingerprint density at radius 1 is 1.35 bits per heavy atom. The Kier molecular flexibility index (Phi) is 6.29. The number of nitrogens with one attached hydrogen (secondary N) is 1. The van der Waals surface area contributed by atoms with E-state index in [0.29, 0.717) is 13.0 Å². The highest BCUT2D eigenvalue weighted by Crippen LogP contribution is 2.14. The van der Waals surface area contributed by atoms with Gasteiger partial charge in [0.15, 0.2) is 0 Å². The summed E-state index contributed by atoms with van der Waals surface area (Å²) in [6.07, 6.45) is 2.03. The molecule has 0 saturated heterocycles. The minimum Gasteiger partial charge on any atom is -0.490 e. The Labute approximate surface area is 118 Å².